The highest BCUT2D eigenvalue weighted by molar-refractivity contribution is 7.15. The van der Waals surface area contributed by atoms with E-state index in [0.29, 0.717) is 5.13 Å². The van der Waals surface area contributed by atoms with Crippen molar-refractivity contribution in [1.29, 1.82) is 0 Å². The number of nitrogens with one attached hydrogen (secondary N) is 1. The van der Waals surface area contributed by atoms with Crippen LogP contribution in [-0.2, 0) is 11.2 Å². The Balaban J connectivity index is 1.88. The zero-order valence-electron chi connectivity index (χ0n) is 11.3. The van der Waals surface area contributed by atoms with Gasteiger partial charge in [-0.1, -0.05) is 22.9 Å². The molecule has 1 unspecified atom stereocenters. The summed E-state index contributed by atoms with van der Waals surface area (Å²) in [6.07, 6.45) is 2.95. The number of hydrogen-bond acceptors (Lipinski definition) is 4. The summed E-state index contributed by atoms with van der Waals surface area (Å²) in [7, 11) is 1.68. The van der Waals surface area contributed by atoms with Gasteiger partial charge in [0.05, 0.1) is 16.7 Å². The second-order valence-corrected chi connectivity index (χ2v) is 6.23. The smallest absolute Gasteiger partial charge is 0.187 e. The Morgan fingerprint density at radius 2 is 2.10 bits per heavy atom. The molecule has 1 aromatic heterocycles. The van der Waals surface area contributed by atoms with Crippen molar-refractivity contribution in [3.05, 3.63) is 39.4 Å². The summed E-state index contributed by atoms with van der Waals surface area (Å²) >= 11 is 6.92. The fraction of sp³-hybridized carbons (Fsp3) is 0.357. The molecule has 21 heavy (non-hydrogen) atoms. The van der Waals surface area contributed by atoms with Gasteiger partial charge in [0.1, 0.15) is 16.7 Å². The molecule has 1 N–H and O–H groups in total. The highest BCUT2D eigenvalue weighted by atomic mass is 35.5. The van der Waals surface area contributed by atoms with Crippen LogP contribution in [0.3, 0.4) is 0 Å². The summed E-state index contributed by atoms with van der Waals surface area (Å²) < 4.78 is 32.3. The van der Waals surface area contributed by atoms with Crippen LogP contribution >= 0.6 is 22.9 Å². The molecule has 2 aromatic rings. The summed E-state index contributed by atoms with van der Waals surface area (Å²) in [4.78, 5) is 5.56. The van der Waals surface area contributed by atoms with Crippen molar-refractivity contribution in [2.45, 2.75) is 25.4 Å². The van der Waals surface area contributed by atoms with E-state index in [1.165, 1.54) is 11.3 Å². The summed E-state index contributed by atoms with van der Waals surface area (Å²) in [5.74, 6) is -1.59. The van der Waals surface area contributed by atoms with Crippen LogP contribution < -0.4 is 5.32 Å². The molecule has 0 amide bonds. The predicted molar refractivity (Wildman–Crippen MR) is 79.5 cm³/mol. The molecule has 0 aliphatic heterocycles. The average Bonchev–Trinajstić information content (AvgIpc) is 2.86. The number of thiazole rings is 1. The van der Waals surface area contributed by atoms with E-state index < -0.39 is 16.7 Å². The van der Waals surface area contributed by atoms with Gasteiger partial charge in [0.15, 0.2) is 5.13 Å². The zero-order valence-corrected chi connectivity index (χ0v) is 12.8. The van der Waals surface area contributed by atoms with Gasteiger partial charge >= 0.3 is 0 Å². The number of aryl methyl sites for hydroxylation is 1. The van der Waals surface area contributed by atoms with E-state index in [0.717, 1.165) is 42.0 Å². The van der Waals surface area contributed by atoms with Crippen molar-refractivity contribution in [1.82, 2.24) is 4.98 Å². The maximum atomic E-state index is 13.4. The van der Waals surface area contributed by atoms with Gasteiger partial charge in [-0.25, -0.2) is 13.8 Å². The molecule has 0 fully saturated rings. The summed E-state index contributed by atoms with van der Waals surface area (Å²) in [6.45, 7) is 0. The number of methoxy groups -OCH3 is 1. The number of nitrogens with zero attached hydrogens (tertiary/aromatic N) is 1. The molecule has 0 bridgehead atoms. The summed E-state index contributed by atoms with van der Waals surface area (Å²) in [5.41, 5.74) is 1.28. The fourth-order valence-corrected chi connectivity index (χ4v) is 3.66. The minimum Gasteiger partial charge on any atom is -0.376 e. The quantitative estimate of drug-likeness (QED) is 0.817. The van der Waals surface area contributed by atoms with Crippen molar-refractivity contribution < 1.29 is 13.5 Å². The molecule has 1 atom stereocenters. The predicted octanol–water partition coefficient (Wildman–Crippen LogP) is 4.84. The van der Waals surface area contributed by atoms with Crippen LogP contribution in [0.2, 0.25) is 5.02 Å². The van der Waals surface area contributed by atoms with Gasteiger partial charge in [-0.2, -0.15) is 0 Å². The van der Waals surface area contributed by atoms with Crippen molar-refractivity contribution in [2.75, 3.05) is 12.4 Å². The lowest BCUT2D eigenvalue weighted by Crippen LogP contribution is -2.08. The van der Waals surface area contributed by atoms with Crippen molar-refractivity contribution in [2.24, 2.45) is 0 Å². The number of rotatable bonds is 3. The molecule has 7 heteroatoms. The minimum absolute atomic E-state index is 0.0560. The Bertz CT molecular complexity index is 654. The Hall–Kier alpha value is -1.24. The first-order chi connectivity index (χ1) is 10.1. The van der Waals surface area contributed by atoms with Crippen LogP contribution in [0.25, 0.3) is 0 Å². The summed E-state index contributed by atoms with van der Waals surface area (Å²) in [6, 6.07) is 2.30. The Kier molecular flexibility index (Phi) is 4.10. The molecule has 0 radical (unpaired) electrons. The molecule has 1 heterocycles. The Labute approximate surface area is 129 Å². The van der Waals surface area contributed by atoms with Crippen LogP contribution in [0.4, 0.5) is 19.6 Å². The molecule has 0 saturated carbocycles. The third kappa shape index (κ3) is 2.88. The van der Waals surface area contributed by atoms with Crippen LogP contribution in [0, 0.1) is 11.6 Å². The number of fused-ring (bicyclic) bond motifs is 1. The van der Waals surface area contributed by atoms with Crippen LogP contribution in [0.5, 0.6) is 0 Å². The number of anilines is 2. The standard InChI is InChI=1S/C14H13ClF2N2OS/c1-20-11-4-2-3-10-13(11)21-14(19-10)18-7-5-8(16)12(15)9(17)6-7/h5-6,11H,2-4H2,1H3,(H,18,19). The second-order valence-electron chi connectivity index (χ2n) is 4.83. The van der Waals surface area contributed by atoms with E-state index >= 15 is 0 Å². The van der Waals surface area contributed by atoms with Gasteiger partial charge in [-0.3, -0.25) is 0 Å². The normalized spacial score (nSPS) is 17.6. The monoisotopic (exact) mass is 330 g/mol. The molecule has 1 aromatic carbocycles. The van der Waals surface area contributed by atoms with E-state index in [2.05, 4.69) is 10.3 Å². The third-order valence-corrected chi connectivity index (χ3v) is 4.89. The molecule has 112 valence electrons. The Morgan fingerprint density at radius 3 is 2.76 bits per heavy atom. The SMILES string of the molecule is COC1CCCc2nc(Nc3cc(F)c(Cl)c(F)c3)sc21. The van der Waals surface area contributed by atoms with Gasteiger partial charge in [0.2, 0.25) is 0 Å². The van der Waals surface area contributed by atoms with Crippen LogP contribution in [0.15, 0.2) is 12.1 Å². The van der Waals surface area contributed by atoms with E-state index in [9.17, 15) is 8.78 Å². The zero-order chi connectivity index (χ0) is 15.0. The maximum absolute atomic E-state index is 13.4. The molecule has 3 nitrogen and oxygen atoms in total. The van der Waals surface area contributed by atoms with E-state index in [-0.39, 0.29) is 11.8 Å². The second kappa shape index (κ2) is 5.87. The van der Waals surface area contributed by atoms with Gasteiger partial charge in [0, 0.05) is 12.8 Å². The minimum atomic E-state index is -0.796. The van der Waals surface area contributed by atoms with Crippen molar-refractivity contribution >= 4 is 33.8 Å². The number of aromatic nitrogens is 1. The van der Waals surface area contributed by atoms with Gasteiger partial charge in [0.25, 0.3) is 0 Å². The van der Waals surface area contributed by atoms with Gasteiger partial charge < -0.3 is 10.1 Å². The highest BCUT2D eigenvalue weighted by Crippen LogP contribution is 2.39. The number of halogens is 3. The van der Waals surface area contributed by atoms with E-state index in [1.54, 1.807) is 7.11 Å². The van der Waals surface area contributed by atoms with Gasteiger partial charge in [-0.05, 0) is 31.4 Å². The molecular weight excluding hydrogens is 318 g/mol. The lowest BCUT2D eigenvalue weighted by atomic mass is 10.0. The molecule has 0 saturated heterocycles. The molecule has 1 aliphatic rings. The van der Waals surface area contributed by atoms with Crippen LogP contribution in [-0.4, -0.2) is 12.1 Å². The summed E-state index contributed by atoms with van der Waals surface area (Å²) in [5, 5.41) is 3.03. The number of benzene rings is 1. The van der Waals surface area contributed by atoms with Crippen molar-refractivity contribution in [3.8, 4) is 0 Å². The lowest BCUT2D eigenvalue weighted by molar-refractivity contribution is 0.0908. The third-order valence-electron chi connectivity index (χ3n) is 3.42. The molecular formula is C14H13ClF2N2OS. The maximum Gasteiger partial charge on any atom is 0.187 e. The Morgan fingerprint density at radius 1 is 1.38 bits per heavy atom. The fourth-order valence-electron chi connectivity index (χ4n) is 2.41. The molecule has 3 rings (SSSR count). The first-order valence-electron chi connectivity index (χ1n) is 6.52. The highest BCUT2D eigenvalue weighted by Gasteiger charge is 2.24. The van der Waals surface area contributed by atoms with E-state index in [1.807, 2.05) is 0 Å². The average molecular weight is 331 g/mol. The van der Waals surface area contributed by atoms with E-state index in [4.69, 9.17) is 16.3 Å². The van der Waals surface area contributed by atoms with Crippen LogP contribution in [0.1, 0.15) is 29.5 Å². The largest absolute Gasteiger partial charge is 0.376 e. The number of ether oxygens (including phenoxy) is 1. The van der Waals surface area contributed by atoms with Crippen molar-refractivity contribution in [3.63, 3.8) is 0 Å². The molecule has 1 aliphatic carbocycles. The number of hydrogen-bond donors (Lipinski definition) is 1. The molecule has 0 spiro atoms. The first kappa shape index (κ1) is 14.7. The first-order valence-corrected chi connectivity index (χ1v) is 7.72. The van der Waals surface area contributed by atoms with Gasteiger partial charge in [-0.15, -0.1) is 0 Å². The topological polar surface area (TPSA) is 34.1 Å². The lowest BCUT2D eigenvalue weighted by Gasteiger charge is -2.18.